The van der Waals surface area contributed by atoms with Gasteiger partial charge in [-0.2, -0.15) is 0 Å². The third-order valence-corrected chi connectivity index (χ3v) is 14.8. The molecule has 2 aliphatic rings. The fraction of sp³-hybridized carbons (Fsp3) is 0.372. The van der Waals surface area contributed by atoms with Crippen molar-refractivity contribution in [3.8, 4) is 31.7 Å². The van der Waals surface area contributed by atoms with E-state index in [1.165, 1.54) is 43.7 Å². The Morgan fingerprint density at radius 1 is 0.434 bits per heavy atom. The van der Waals surface area contributed by atoms with Crippen molar-refractivity contribution in [1.82, 2.24) is 15.0 Å². The highest BCUT2D eigenvalue weighted by Gasteiger charge is 2.41. The van der Waals surface area contributed by atoms with Crippen molar-refractivity contribution >= 4 is 34.0 Å². The molecule has 7 nitrogen and oxygen atoms in total. The average Bonchev–Trinajstić information content (AvgIpc) is 3.93. The van der Waals surface area contributed by atoms with E-state index < -0.39 is 0 Å². The van der Waals surface area contributed by atoms with Gasteiger partial charge in [0.15, 0.2) is 0 Å². The molecule has 3 aromatic carbocycles. The highest BCUT2D eigenvalue weighted by atomic mass is 32.1. The zero-order valence-electron chi connectivity index (χ0n) is 31.7. The van der Waals surface area contributed by atoms with E-state index in [0.29, 0.717) is 0 Å². The maximum atomic E-state index is 5.43. The molecule has 0 unspecified atom stereocenters. The molecule has 0 atom stereocenters. The molecule has 0 amide bonds. The van der Waals surface area contributed by atoms with Crippen molar-refractivity contribution in [3.63, 3.8) is 0 Å². The van der Waals surface area contributed by atoms with Gasteiger partial charge in [-0.3, -0.25) is 0 Å². The summed E-state index contributed by atoms with van der Waals surface area (Å²) in [4.78, 5) is 17.0. The second kappa shape index (κ2) is 14.9. The van der Waals surface area contributed by atoms with Crippen molar-refractivity contribution in [3.05, 3.63) is 124 Å². The smallest absolute Gasteiger partial charge is 0.129 e. The third-order valence-electron chi connectivity index (χ3n) is 11.8. The summed E-state index contributed by atoms with van der Waals surface area (Å²) in [6.07, 6.45) is 0. The lowest BCUT2D eigenvalue weighted by Gasteiger charge is -2.46. The summed E-state index contributed by atoms with van der Waals surface area (Å²) in [7, 11) is 9.80. The SMILES string of the molecule is C[N+]1(Cc2csc(-c3ccccc3)n2)CC[N+](C)(Cc2nc(-c3ccccc3)sc2C[N+]2(C)CC[N+](C)(Cc3csc(-c4ccccc4)n3)CC2)CC1. The van der Waals surface area contributed by atoms with Crippen LogP contribution in [0.25, 0.3) is 31.7 Å². The Bertz CT molecular complexity index is 1980. The van der Waals surface area contributed by atoms with Gasteiger partial charge in [-0.15, -0.1) is 34.0 Å². The molecule has 0 saturated carbocycles. The maximum absolute atomic E-state index is 5.43. The Kier molecular flexibility index (Phi) is 10.2. The third kappa shape index (κ3) is 8.55. The van der Waals surface area contributed by atoms with E-state index in [9.17, 15) is 0 Å². The molecule has 0 spiro atoms. The molecular weight excluding hydrogens is 711 g/mol. The molecule has 5 heterocycles. The molecule has 0 radical (unpaired) electrons. The van der Waals surface area contributed by atoms with Gasteiger partial charge < -0.3 is 17.9 Å². The van der Waals surface area contributed by atoms with Gasteiger partial charge in [0.05, 0.1) is 33.1 Å². The van der Waals surface area contributed by atoms with Crippen LogP contribution in [0.3, 0.4) is 0 Å². The normalized spacial score (nSPS) is 26.1. The minimum absolute atomic E-state index is 0.993. The summed E-state index contributed by atoms with van der Waals surface area (Å²) >= 11 is 5.48. The summed E-state index contributed by atoms with van der Waals surface area (Å²) < 4.78 is 4.21. The number of aromatic nitrogens is 3. The van der Waals surface area contributed by atoms with Gasteiger partial charge in [0.25, 0.3) is 0 Å². The fourth-order valence-corrected chi connectivity index (χ4v) is 10.9. The van der Waals surface area contributed by atoms with E-state index >= 15 is 0 Å². The summed E-state index contributed by atoms with van der Waals surface area (Å²) in [5.74, 6) is 0. The molecule has 2 aliphatic heterocycles. The summed E-state index contributed by atoms with van der Waals surface area (Å²) in [5.41, 5.74) is 7.42. The lowest BCUT2D eigenvalue weighted by Crippen LogP contribution is -2.63. The zero-order chi connectivity index (χ0) is 36.5. The van der Waals surface area contributed by atoms with E-state index in [1.807, 2.05) is 11.3 Å². The zero-order valence-corrected chi connectivity index (χ0v) is 34.1. The minimum Gasteiger partial charge on any atom is -0.312 e. The van der Waals surface area contributed by atoms with Crippen LogP contribution in [0.2, 0.25) is 0 Å². The van der Waals surface area contributed by atoms with Gasteiger partial charge in [0.1, 0.15) is 111 Å². The first kappa shape index (κ1) is 36.4. The number of likely N-dealkylation sites (N-methyl/N-ethyl adjacent to an activating group) is 4. The van der Waals surface area contributed by atoms with Crippen LogP contribution in [0.5, 0.6) is 0 Å². The Morgan fingerprint density at radius 3 is 1.21 bits per heavy atom. The largest absolute Gasteiger partial charge is 0.312 e. The van der Waals surface area contributed by atoms with E-state index in [0.717, 1.165) is 106 Å². The first-order valence-electron chi connectivity index (χ1n) is 18.9. The molecular formula is C43H53N7S3+4. The molecule has 53 heavy (non-hydrogen) atoms. The molecule has 2 saturated heterocycles. The van der Waals surface area contributed by atoms with E-state index in [4.69, 9.17) is 15.0 Å². The van der Waals surface area contributed by atoms with Crippen molar-refractivity contribution < 1.29 is 17.9 Å². The van der Waals surface area contributed by atoms with Crippen LogP contribution in [0, 0.1) is 0 Å². The van der Waals surface area contributed by atoms with Gasteiger partial charge >= 0.3 is 0 Å². The summed E-state index contributed by atoms with van der Waals surface area (Å²) in [6.45, 7) is 13.3. The number of quaternary nitrogens is 4. The van der Waals surface area contributed by atoms with E-state index in [-0.39, 0.29) is 0 Å². The quantitative estimate of drug-likeness (QED) is 0.125. The predicted molar refractivity (Wildman–Crippen MR) is 221 cm³/mol. The van der Waals surface area contributed by atoms with Crippen LogP contribution in [-0.2, 0) is 26.2 Å². The molecule has 0 N–H and O–H groups in total. The Labute approximate surface area is 327 Å². The number of benzene rings is 3. The van der Waals surface area contributed by atoms with Gasteiger partial charge in [-0.05, 0) is 0 Å². The highest BCUT2D eigenvalue weighted by Crippen LogP contribution is 2.35. The van der Waals surface area contributed by atoms with Crippen molar-refractivity contribution in [2.24, 2.45) is 0 Å². The van der Waals surface area contributed by atoms with Crippen molar-refractivity contribution in [2.45, 2.75) is 26.2 Å². The first-order valence-corrected chi connectivity index (χ1v) is 21.5. The number of piperazine rings is 2. The lowest BCUT2D eigenvalue weighted by molar-refractivity contribution is -1.03. The van der Waals surface area contributed by atoms with Gasteiger partial charge in [0.2, 0.25) is 0 Å². The second-order valence-electron chi connectivity index (χ2n) is 16.7. The standard InChI is InChI=1S/C43H53N7S3/c1-47(28-37-32-51-41(44-37)34-14-8-5-9-15-34)20-24-49(3,25-21-47)30-39-40(53-43(46-39)36-18-12-7-13-19-36)31-50(4)26-22-48(2,23-27-50)29-38-33-52-42(45-38)35-16-10-6-11-17-35/h5-19,32-33H,20-31H2,1-4H3/q+4. The van der Waals surface area contributed by atoms with E-state index in [1.54, 1.807) is 22.7 Å². The molecule has 3 aromatic heterocycles. The van der Waals surface area contributed by atoms with Gasteiger partial charge in [-0.25, -0.2) is 15.0 Å². The molecule has 0 aliphatic carbocycles. The molecule has 2 fully saturated rings. The molecule has 274 valence electrons. The summed E-state index contributed by atoms with van der Waals surface area (Å²) in [5, 5.41) is 7.96. The van der Waals surface area contributed by atoms with Crippen LogP contribution in [-0.4, -0.2) is 113 Å². The number of hydrogen-bond acceptors (Lipinski definition) is 6. The highest BCUT2D eigenvalue weighted by molar-refractivity contribution is 7.15. The number of nitrogens with zero attached hydrogens (tertiary/aromatic N) is 7. The van der Waals surface area contributed by atoms with Gasteiger partial charge in [-0.1, -0.05) is 91.0 Å². The van der Waals surface area contributed by atoms with Crippen molar-refractivity contribution in [2.75, 3.05) is 80.5 Å². The second-order valence-corrected chi connectivity index (χ2v) is 19.5. The first-order chi connectivity index (χ1) is 25.6. The van der Waals surface area contributed by atoms with Crippen molar-refractivity contribution in [1.29, 1.82) is 0 Å². The predicted octanol–water partition coefficient (Wildman–Crippen LogP) is 8.27. The monoisotopic (exact) mass is 763 g/mol. The van der Waals surface area contributed by atoms with Crippen LogP contribution in [0.15, 0.2) is 102 Å². The van der Waals surface area contributed by atoms with Crippen LogP contribution < -0.4 is 0 Å². The lowest BCUT2D eigenvalue weighted by atomic mass is 10.1. The topological polar surface area (TPSA) is 38.7 Å². The minimum atomic E-state index is 0.993. The number of thiazole rings is 3. The van der Waals surface area contributed by atoms with Crippen LogP contribution in [0.1, 0.15) is 22.0 Å². The maximum Gasteiger partial charge on any atom is 0.129 e. The number of hydrogen-bond donors (Lipinski definition) is 0. The molecule has 0 bridgehead atoms. The Hall–Kier alpha value is -3.61. The van der Waals surface area contributed by atoms with Crippen LogP contribution >= 0.6 is 34.0 Å². The molecule has 10 heteroatoms. The average molecular weight is 764 g/mol. The summed E-state index contributed by atoms with van der Waals surface area (Å²) in [6, 6.07) is 32.0. The Balaban J connectivity index is 0.936. The number of rotatable bonds is 11. The Morgan fingerprint density at radius 2 is 0.792 bits per heavy atom. The molecule has 6 aromatic rings. The van der Waals surface area contributed by atoms with Crippen LogP contribution in [0.4, 0.5) is 0 Å². The fourth-order valence-electron chi connectivity index (χ4n) is 8.02. The van der Waals surface area contributed by atoms with E-state index in [2.05, 4.69) is 130 Å². The molecule has 8 rings (SSSR count). The van der Waals surface area contributed by atoms with Gasteiger partial charge in [0, 0.05) is 27.5 Å².